The molecule has 0 aliphatic carbocycles. The van der Waals surface area contributed by atoms with Crippen molar-refractivity contribution in [2.45, 2.75) is 18.9 Å². The minimum Gasteiger partial charge on any atom is -0.323 e. The van der Waals surface area contributed by atoms with Gasteiger partial charge in [0.25, 0.3) is 6.43 Å². The van der Waals surface area contributed by atoms with E-state index in [0.717, 1.165) is 11.5 Å². The lowest BCUT2D eigenvalue weighted by Crippen LogP contribution is -2.31. The first-order chi connectivity index (χ1) is 5.20. The molecule has 0 amide bonds. The Hall–Kier alpha value is -0.620. The molecule has 0 bridgehead atoms. The monoisotopic (exact) mass is 179 g/mol. The van der Waals surface area contributed by atoms with E-state index < -0.39 is 12.5 Å². The van der Waals surface area contributed by atoms with Crippen molar-refractivity contribution in [1.82, 2.24) is 9.59 Å². The molecular weight excluding hydrogens is 172 g/mol. The Bertz CT molecular complexity index is 202. The molecule has 1 aromatic heterocycles. The van der Waals surface area contributed by atoms with Gasteiger partial charge in [-0.05, 0) is 11.5 Å². The molecule has 0 saturated carbocycles. The van der Waals surface area contributed by atoms with Crippen molar-refractivity contribution in [1.29, 1.82) is 0 Å². The van der Waals surface area contributed by atoms with Crippen molar-refractivity contribution in [3.8, 4) is 0 Å². The van der Waals surface area contributed by atoms with E-state index in [2.05, 4.69) is 9.59 Å². The van der Waals surface area contributed by atoms with Crippen LogP contribution in [0.1, 0.15) is 5.69 Å². The van der Waals surface area contributed by atoms with Gasteiger partial charge in [0.2, 0.25) is 0 Å². The highest BCUT2D eigenvalue weighted by Gasteiger charge is 2.16. The summed E-state index contributed by atoms with van der Waals surface area (Å²) in [6.45, 7) is 0. The molecule has 1 atom stereocenters. The Kier molecular flexibility index (Phi) is 2.84. The molecule has 1 aromatic rings. The average molecular weight is 179 g/mol. The summed E-state index contributed by atoms with van der Waals surface area (Å²) in [6.07, 6.45) is -2.40. The largest absolute Gasteiger partial charge is 0.323 e. The Morgan fingerprint density at radius 2 is 2.36 bits per heavy atom. The fourth-order valence-corrected chi connectivity index (χ4v) is 1.07. The predicted molar refractivity (Wildman–Crippen MR) is 37.6 cm³/mol. The van der Waals surface area contributed by atoms with Crippen LogP contribution in [0, 0.1) is 0 Å². The first-order valence-electron chi connectivity index (χ1n) is 3.00. The highest BCUT2D eigenvalue weighted by Crippen LogP contribution is 2.05. The fourth-order valence-electron chi connectivity index (χ4n) is 0.604. The molecule has 0 radical (unpaired) electrons. The maximum absolute atomic E-state index is 11.9. The lowest BCUT2D eigenvalue weighted by Gasteiger charge is -2.06. The van der Waals surface area contributed by atoms with Gasteiger partial charge in [-0.25, -0.2) is 8.78 Å². The third-order valence-corrected chi connectivity index (χ3v) is 1.73. The molecule has 6 heteroatoms. The maximum atomic E-state index is 11.9. The van der Waals surface area contributed by atoms with Crippen LogP contribution in [0.25, 0.3) is 0 Å². The topological polar surface area (TPSA) is 51.8 Å². The summed E-state index contributed by atoms with van der Waals surface area (Å²) in [5, 5.41) is 5.21. The Balaban J connectivity index is 2.43. The van der Waals surface area contributed by atoms with Crippen LogP contribution in [0.4, 0.5) is 8.78 Å². The summed E-state index contributed by atoms with van der Waals surface area (Å²) >= 11 is 1.13. The Labute approximate surface area is 66.4 Å². The number of nitrogens with two attached hydrogens (primary N) is 1. The number of hydrogen-bond acceptors (Lipinski definition) is 4. The van der Waals surface area contributed by atoms with Crippen molar-refractivity contribution < 1.29 is 8.78 Å². The van der Waals surface area contributed by atoms with Gasteiger partial charge in [-0.3, -0.25) is 0 Å². The first kappa shape index (κ1) is 8.48. The minimum atomic E-state index is -2.49. The van der Waals surface area contributed by atoms with Crippen LogP contribution in [-0.2, 0) is 6.42 Å². The molecule has 0 aliphatic heterocycles. The summed E-state index contributed by atoms with van der Waals surface area (Å²) in [4.78, 5) is 0. The highest BCUT2D eigenvalue weighted by molar-refractivity contribution is 7.03. The van der Waals surface area contributed by atoms with Gasteiger partial charge in [0.05, 0.1) is 11.7 Å². The second-order valence-corrected chi connectivity index (χ2v) is 2.71. The van der Waals surface area contributed by atoms with E-state index in [-0.39, 0.29) is 6.42 Å². The van der Waals surface area contributed by atoms with Crippen LogP contribution < -0.4 is 5.73 Å². The summed E-state index contributed by atoms with van der Waals surface area (Å²) < 4.78 is 27.2. The number of rotatable bonds is 3. The van der Waals surface area contributed by atoms with E-state index in [9.17, 15) is 8.78 Å². The molecule has 3 nitrogen and oxygen atoms in total. The summed E-state index contributed by atoms with van der Waals surface area (Å²) in [7, 11) is 0. The van der Waals surface area contributed by atoms with Gasteiger partial charge >= 0.3 is 0 Å². The zero-order chi connectivity index (χ0) is 8.27. The van der Waals surface area contributed by atoms with E-state index >= 15 is 0 Å². The van der Waals surface area contributed by atoms with Crippen LogP contribution in [0.2, 0.25) is 0 Å². The number of hydrogen-bond donors (Lipinski definition) is 1. The van der Waals surface area contributed by atoms with Crippen molar-refractivity contribution in [2.24, 2.45) is 5.73 Å². The van der Waals surface area contributed by atoms with E-state index in [0.29, 0.717) is 5.69 Å². The molecule has 1 rings (SSSR count). The molecule has 0 spiro atoms. The smallest absolute Gasteiger partial charge is 0.253 e. The summed E-state index contributed by atoms with van der Waals surface area (Å²) in [5.74, 6) is 0. The molecule has 62 valence electrons. The van der Waals surface area contributed by atoms with Crippen LogP contribution in [0.5, 0.6) is 0 Å². The van der Waals surface area contributed by atoms with E-state index in [4.69, 9.17) is 5.73 Å². The Morgan fingerprint density at radius 1 is 1.64 bits per heavy atom. The number of aromatic nitrogens is 2. The van der Waals surface area contributed by atoms with Crippen LogP contribution >= 0.6 is 11.5 Å². The molecule has 0 fully saturated rings. The number of alkyl halides is 2. The fraction of sp³-hybridized carbons (Fsp3) is 0.600. The van der Waals surface area contributed by atoms with Crippen molar-refractivity contribution >= 4 is 11.5 Å². The average Bonchev–Trinajstić information content (AvgIpc) is 2.39. The van der Waals surface area contributed by atoms with Crippen molar-refractivity contribution in [3.63, 3.8) is 0 Å². The maximum Gasteiger partial charge on any atom is 0.253 e. The van der Waals surface area contributed by atoms with Gasteiger partial charge in [0.15, 0.2) is 0 Å². The molecule has 0 aromatic carbocycles. The highest BCUT2D eigenvalue weighted by atomic mass is 32.1. The van der Waals surface area contributed by atoms with Crippen LogP contribution in [0.15, 0.2) is 5.38 Å². The SMILES string of the molecule is NC(Cc1csnn1)C(F)F. The molecule has 1 heterocycles. The van der Waals surface area contributed by atoms with Gasteiger partial charge in [-0.1, -0.05) is 4.49 Å². The third kappa shape index (κ3) is 2.47. The Morgan fingerprint density at radius 3 is 2.82 bits per heavy atom. The zero-order valence-corrected chi connectivity index (χ0v) is 6.39. The third-order valence-electron chi connectivity index (χ3n) is 1.17. The van der Waals surface area contributed by atoms with Gasteiger partial charge in [0.1, 0.15) is 0 Å². The van der Waals surface area contributed by atoms with E-state index in [1.807, 2.05) is 0 Å². The molecule has 0 saturated heterocycles. The van der Waals surface area contributed by atoms with E-state index in [1.165, 1.54) is 0 Å². The quantitative estimate of drug-likeness (QED) is 0.742. The second kappa shape index (κ2) is 3.68. The predicted octanol–water partition coefficient (Wildman–Crippen LogP) is 0.673. The minimum absolute atomic E-state index is 0.0914. The molecule has 1 unspecified atom stereocenters. The standard InChI is InChI=1S/C5H7F2N3S/c6-5(7)4(8)1-3-2-11-10-9-3/h2,4-5H,1,8H2. The molecular formula is C5H7F2N3S. The van der Waals surface area contributed by atoms with Crippen molar-refractivity contribution in [3.05, 3.63) is 11.1 Å². The van der Waals surface area contributed by atoms with Gasteiger partial charge in [-0.2, -0.15) is 0 Å². The number of nitrogens with zero attached hydrogens (tertiary/aromatic N) is 2. The molecule has 11 heavy (non-hydrogen) atoms. The van der Waals surface area contributed by atoms with Crippen molar-refractivity contribution in [2.75, 3.05) is 0 Å². The lowest BCUT2D eigenvalue weighted by atomic mass is 10.2. The van der Waals surface area contributed by atoms with Gasteiger partial charge in [0, 0.05) is 11.8 Å². The molecule has 0 aliphatic rings. The normalized spacial score (nSPS) is 13.8. The van der Waals surface area contributed by atoms with Gasteiger partial charge in [-0.15, -0.1) is 5.10 Å². The number of halogens is 2. The summed E-state index contributed by atoms with van der Waals surface area (Å²) in [6, 6.07) is -1.13. The zero-order valence-electron chi connectivity index (χ0n) is 5.58. The summed E-state index contributed by atoms with van der Waals surface area (Å²) in [5.41, 5.74) is 5.62. The first-order valence-corrected chi connectivity index (χ1v) is 3.83. The van der Waals surface area contributed by atoms with Crippen LogP contribution in [-0.4, -0.2) is 22.1 Å². The van der Waals surface area contributed by atoms with Crippen LogP contribution in [0.3, 0.4) is 0 Å². The van der Waals surface area contributed by atoms with E-state index in [1.54, 1.807) is 5.38 Å². The molecule has 2 N–H and O–H groups in total. The van der Waals surface area contributed by atoms with Gasteiger partial charge < -0.3 is 5.73 Å². The second-order valence-electron chi connectivity index (χ2n) is 2.10. The lowest BCUT2D eigenvalue weighted by molar-refractivity contribution is 0.115.